The van der Waals surface area contributed by atoms with Gasteiger partial charge in [-0.3, -0.25) is 0 Å². The smallest absolute Gasteiger partial charge is 0.131 e. The molecule has 1 aliphatic heterocycles. The SMILES string of the molecule is COc1ccc(CN(C)CC2(C)CCN(C)C2)c(F)c1. The fourth-order valence-electron chi connectivity index (χ4n) is 3.18. The normalized spacial score (nSPS) is 23.5. The van der Waals surface area contributed by atoms with Crippen molar-refractivity contribution in [1.82, 2.24) is 9.80 Å². The quantitative estimate of drug-likeness (QED) is 0.824. The molecule has 0 bridgehead atoms. The Bertz CT molecular complexity index is 466. The minimum atomic E-state index is -0.190. The molecule has 0 aliphatic carbocycles. The third-order valence-corrected chi connectivity index (χ3v) is 4.10. The highest BCUT2D eigenvalue weighted by Gasteiger charge is 2.32. The van der Waals surface area contributed by atoms with E-state index in [1.165, 1.54) is 12.5 Å². The average molecular weight is 280 g/mol. The molecule has 112 valence electrons. The van der Waals surface area contributed by atoms with Crippen LogP contribution in [0, 0.1) is 11.2 Å². The van der Waals surface area contributed by atoms with E-state index in [1.54, 1.807) is 7.11 Å². The van der Waals surface area contributed by atoms with Gasteiger partial charge in [0.25, 0.3) is 0 Å². The first kappa shape index (κ1) is 15.3. The summed E-state index contributed by atoms with van der Waals surface area (Å²) in [4.78, 5) is 4.58. The van der Waals surface area contributed by atoms with Gasteiger partial charge in [-0.1, -0.05) is 13.0 Å². The van der Waals surface area contributed by atoms with Gasteiger partial charge in [0.15, 0.2) is 0 Å². The summed E-state index contributed by atoms with van der Waals surface area (Å²) in [5.74, 6) is 0.378. The topological polar surface area (TPSA) is 15.7 Å². The van der Waals surface area contributed by atoms with Crippen molar-refractivity contribution in [3.05, 3.63) is 29.6 Å². The lowest BCUT2D eigenvalue weighted by Gasteiger charge is -2.30. The van der Waals surface area contributed by atoms with Gasteiger partial charge in [0.1, 0.15) is 11.6 Å². The fourth-order valence-corrected chi connectivity index (χ4v) is 3.18. The Morgan fingerprint density at radius 3 is 2.75 bits per heavy atom. The maximum Gasteiger partial charge on any atom is 0.131 e. The molecule has 0 aromatic heterocycles. The minimum Gasteiger partial charge on any atom is -0.497 e. The summed E-state index contributed by atoms with van der Waals surface area (Å²) in [5, 5.41) is 0. The molecular weight excluding hydrogens is 255 g/mol. The number of hydrogen-bond acceptors (Lipinski definition) is 3. The van der Waals surface area contributed by atoms with Crippen LogP contribution < -0.4 is 4.74 Å². The summed E-state index contributed by atoms with van der Waals surface area (Å²) in [6, 6.07) is 5.08. The summed E-state index contributed by atoms with van der Waals surface area (Å²) in [6.07, 6.45) is 1.21. The van der Waals surface area contributed by atoms with Gasteiger partial charge in [-0.05, 0) is 38.5 Å². The molecule has 0 saturated carbocycles. The second-order valence-electron chi connectivity index (χ2n) is 6.43. The van der Waals surface area contributed by atoms with Gasteiger partial charge in [-0.15, -0.1) is 0 Å². The zero-order valence-corrected chi connectivity index (χ0v) is 12.9. The average Bonchev–Trinajstić information content (AvgIpc) is 2.71. The molecule has 1 unspecified atom stereocenters. The van der Waals surface area contributed by atoms with Crippen molar-refractivity contribution < 1.29 is 9.13 Å². The zero-order chi connectivity index (χ0) is 14.8. The first-order valence-corrected chi connectivity index (χ1v) is 7.11. The van der Waals surface area contributed by atoms with E-state index in [-0.39, 0.29) is 5.82 Å². The summed E-state index contributed by atoms with van der Waals surface area (Å²) >= 11 is 0. The van der Waals surface area contributed by atoms with Gasteiger partial charge < -0.3 is 14.5 Å². The van der Waals surface area contributed by atoms with Crippen LogP contribution >= 0.6 is 0 Å². The van der Waals surface area contributed by atoms with Crippen LogP contribution in [0.2, 0.25) is 0 Å². The van der Waals surface area contributed by atoms with Gasteiger partial charge in [0, 0.05) is 31.3 Å². The molecule has 1 heterocycles. The number of nitrogens with zero attached hydrogens (tertiary/aromatic N) is 2. The molecule has 1 aliphatic rings. The van der Waals surface area contributed by atoms with Crippen LogP contribution in [-0.2, 0) is 6.54 Å². The number of halogens is 1. The predicted octanol–water partition coefficient (Wildman–Crippen LogP) is 2.61. The van der Waals surface area contributed by atoms with Crippen LogP contribution in [0.4, 0.5) is 4.39 Å². The predicted molar refractivity (Wildman–Crippen MR) is 79.5 cm³/mol. The summed E-state index contributed by atoms with van der Waals surface area (Å²) in [5.41, 5.74) is 1.04. The molecule has 3 nitrogen and oxygen atoms in total. The summed E-state index contributed by atoms with van der Waals surface area (Å²) < 4.78 is 19.0. The number of likely N-dealkylation sites (tertiary alicyclic amines) is 1. The van der Waals surface area contributed by atoms with Crippen molar-refractivity contribution in [3.8, 4) is 5.75 Å². The van der Waals surface area contributed by atoms with E-state index in [0.29, 0.717) is 17.7 Å². The molecule has 1 aromatic rings. The Balaban J connectivity index is 1.96. The molecule has 1 fully saturated rings. The highest BCUT2D eigenvalue weighted by Crippen LogP contribution is 2.30. The van der Waals surface area contributed by atoms with E-state index in [9.17, 15) is 4.39 Å². The third-order valence-electron chi connectivity index (χ3n) is 4.10. The first-order chi connectivity index (χ1) is 9.42. The van der Waals surface area contributed by atoms with E-state index >= 15 is 0 Å². The lowest BCUT2D eigenvalue weighted by molar-refractivity contribution is 0.188. The lowest BCUT2D eigenvalue weighted by atomic mass is 9.89. The minimum absolute atomic E-state index is 0.190. The van der Waals surface area contributed by atoms with Crippen molar-refractivity contribution in [2.24, 2.45) is 5.41 Å². The number of hydrogen-bond donors (Lipinski definition) is 0. The molecule has 1 aromatic carbocycles. The Hall–Kier alpha value is -1.13. The van der Waals surface area contributed by atoms with E-state index < -0.39 is 0 Å². The number of rotatable bonds is 5. The van der Waals surface area contributed by atoms with Crippen molar-refractivity contribution in [3.63, 3.8) is 0 Å². The standard InChI is InChI=1S/C16H25FN2O/c1-16(7-8-18(2)11-16)12-19(3)10-13-5-6-14(20-4)9-15(13)17/h5-6,9H,7-8,10-12H2,1-4H3. The maximum absolute atomic E-state index is 14.0. The van der Waals surface area contributed by atoms with E-state index in [0.717, 1.165) is 25.2 Å². The molecule has 0 radical (unpaired) electrons. The highest BCUT2D eigenvalue weighted by atomic mass is 19.1. The second kappa shape index (κ2) is 6.10. The van der Waals surface area contributed by atoms with Gasteiger partial charge in [0.2, 0.25) is 0 Å². The molecule has 2 rings (SSSR count). The monoisotopic (exact) mass is 280 g/mol. The fraction of sp³-hybridized carbons (Fsp3) is 0.625. The lowest BCUT2D eigenvalue weighted by Crippen LogP contribution is -2.35. The molecular formula is C16H25FN2O. The Morgan fingerprint density at radius 1 is 1.45 bits per heavy atom. The van der Waals surface area contributed by atoms with Crippen LogP contribution in [-0.4, -0.2) is 50.6 Å². The van der Waals surface area contributed by atoms with Crippen LogP contribution in [0.3, 0.4) is 0 Å². The van der Waals surface area contributed by atoms with Crippen LogP contribution in [0.15, 0.2) is 18.2 Å². The van der Waals surface area contributed by atoms with Crippen molar-refractivity contribution in [2.75, 3.05) is 40.8 Å². The first-order valence-electron chi connectivity index (χ1n) is 7.11. The van der Waals surface area contributed by atoms with Gasteiger partial charge >= 0.3 is 0 Å². The molecule has 0 N–H and O–H groups in total. The van der Waals surface area contributed by atoms with E-state index in [4.69, 9.17) is 4.74 Å². The van der Waals surface area contributed by atoms with Crippen LogP contribution in [0.25, 0.3) is 0 Å². The van der Waals surface area contributed by atoms with Crippen molar-refractivity contribution >= 4 is 0 Å². The number of benzene rings is 1. The highest BCUT2D eigenvalue weighted by molar-refractivity contribution is 5.28. The second-order valence-corrected chi connectivity index (χ2v) is 6.43. The maximum atomic E-state index is 14.0. The van der Waals surface area contributed by atoms with Gasteiger partial charge in [-0.2, -0.15) is 0 Å². The molecule has 0 spiro atoms. The molecule has 20 heavy (non-hydrogen) atoms. The summed E-state index contributed by atoms with van der Waals surface area (Å²) in [6.45, 7) is 6.21. The Morgan fingerprint density at radius 2 is 2.20 bits per heavy atom. The zero-order valence-electron chi connectivity index (χ0n) is 12.9. The third kappa shape index (κ3) is 3.70. The summed E-state index contributed by atoms with van der Waals surface area (Å²) in [7, 11) is 5.78. The van der Waals surface area contributed by atoms with Crippen LogP contribution in [0.1, 0.15) is 18.9 Å². The van der Waals surface area contributed by atoms with Crippen molar-refractivity contribution in [1.29, 1.82) is 0 Å². The number of methoxy groups -OCH3 is 1. The van der Waals surface area contributed by atoms with Crippen LogP contribution in [0.5, 0.6) is 5.75 Å². The molecule has 1 atom stereocenters. The molecule has 0 amide bonds. The molecule has 1 saturated heterocycles. The largest absolute Gasteiger partial charge is 0.497 e. The Kier molecular flexibility index (Phi) is 4.66. The van der Waals surface area contributed by atoms with E-state index in [1.807, 2.05) is 12.1 Å². The Labute approximate surface area is 121 Å². The molecule has 4 heteroatoms. The van der Waals surface area contributed by atoms with Gasteiger partial charge in [0.05, 0.1) is 7.11 Å². The van der Waals surface area contributed by atoms with Gasteiger partial charge in [-0.25, -0.2) is 4.39 Å². The van der Waals surface area contributed by atoms with E-state index in [2.05, 4.69) is 30.8 Å². The number of ether oxygens (including phenoxy) is 1. The van der Waals surface area contributed by atoms with Crippen molar-refractivity contribution in [2.45, 2.75) is 19.9 Å².